The maximum atomic E-state index is 14.0. The predicted molar refractivity (Wildman–Crippen MR) is 127 cm³/mol. The number of anilines is 1. The zero-order valence-electron chi connectivity index (χ0n) is 17.9. The Bertz CT molecular complexity index is 1260. The monoisotopic (exact) mass is 548 g/mol. The molecule has 0 saturated carbocycles. The summed E-state index contributed by atoms with van der Waals surface area (Å²) in [6, 6.07) is 13.0. The number of hydrogen-bond acceptors (Lipinski definition) is 6. The normalized spacial score (nSPS) is 10.9. The molecule has 1 N–H and O–H groups in total. The van der Waals surface area contributed by atoms with Crippen molar-refractivity contribution in [2.45, 2.75) is 25.2 Å². The summed E-state index contributed by atoms with van der Waals surface area (Å²) >= 11 is 4.18. The van der Waals surface area contributed by atoms with Crippen LogP contribution >= 0.6 is 27.7 Å². The van der Waals surface area contributed by atoms with Crippen LogP contribution in [-0.2, 0) is 17.9 Å². The van der Waals surface area contributed by atoms with Gasteiger partial charge in [0.15, 0.2) is 16.8 Å². The molecule has 0 radical (unpaired) electrons. The number of carbonyl (C=O) groups excluding carboxylic acids is 1. The quantitative estimate of drug-likeness (QED) is 0.275. The molecule has 0 aliphatic carbocycles. The SMILES string of the molecule is Cc1ccc(OCc2nnc(SCC(=O)Nc3c(F)cc(F)cc3Br)n2Cc2ccco2)cc1. The number of furan rings is 1. The highest BCUT2D eigenvalue weighted by atomic mass is 79.9. The number of hydrogen-bond donors (Lipinski definition) is 1. The van der Waals surface area contributed by atoms with Crippen LogP contribution in [0.25, 0.3) is 0 Å². The van der Waals surface area contributed by atoms with E-state index in [4.69, 9.17) is 9.15 Å². The van der Waals surface area contributed by atoms with E-state index in [9.17, 15) is 13.6 Å². The first-order chi connectivity index (χ1) is 16.4. The Kier molecular flexibility index (Phi) is 7.63. The number of nitrogens with zero attached hydrogens (tertiary/aromatic N) is 3. The Labute approximate surface area is 206 Å². The lowest BCUT2D eigenvalue weighted by Gasteiger charge is -2.11. The van der Waals surface area contributed by atoms with Crippen molar-refractivity contribution in [2.24, 2.45) is 0 Å². The minimum Gasteiger partial charge on any atom is -0.486 e. The first kappa shape index (κ1) is 24.0. The van der Waals surface area contributed by atoms with Crippen LogP contribution in [0.15, 0.2) is 68.8 Å². The van der Waals surface area contributed by atoms with Crippen molar-refractivity contribution in [1.82, 2.24) is 14.8 Å². The van der Waals surface area contributed by atoms with Crippen molar-refractivity contribution in [3.05, 3.63) is 88.0 Å². The second-order valence-corrected chi connectivity index (χ2v) is 9.04. The summed E-state index contributed by atoms with van der Waals surface area (Å²) in [5, 5.41) is 11.3. The molecule has 11 heteroatoms. The summed E-state index contributed by atoms with van der Waals surface area (Å²) < 4.78 is 40.5. The summed E-state index contributed by atoms with van der Waals surface area (Å²) in [6.07, 6.45) is 1.57. The van der Waals surface area contributed by atoms with Gasteiger partial charge in [-0.1, -0.05) is 29.5 Å². The van der Waals surface area contributed by atoms with Crippen molar-refractivity contribution < 1.29 is 22.7 Å². The van der Waals surface area contributed by atoms with Crippen LogP contribution in [0.5, 0.6) is 5.75 Å². The number of ether oxygens (including phenoxy) is 1. The van der Waals surface area contributed by atoms with Crippen LogP contribution in [0, 0.1) is 18.6 Å². The lowest BCUT2D eigenvalue weighted by atomic mass is 10.2. The molecular weight excluding hydrogens is 530 g/mol. The first-order valence-corrected chi connectivity index (χ1v) is 11.9. The number of aryl methyl sites for hydroxylation is 1. The summed E-state index contributed by atoms with van der Waals surface area (Å²) in [5.74, 6) is -0.254. The fourth-order valence-corrected chi connectivity index (χ4v) is 4.26. The molecule has 176 valence electrons. The fraction of sp³-hybridized carbons (Fsp3) is 0.174. The molecular formula is C23H19BrF2N4O3S. The average molecular weight is 549 g/mol. The highest BCUT2D eigenvalue weighted by Gasteiger charge is 2.18. The van der Waals surface area contributed by atoms with Gasteiger partial charge in [-0.25, -0.2) is 8.78 Å². The fourth-order valence-electron chi connectivity index (χ4n) is 3.00. The molecule has 0 aliphatic rings. The minimum absolute atomic E-state index is 0.0711. The Morgan fingerprint density at radius 1 is 1.21 bits per heavy atom. The van der Waals surface area contributed by atoms with E-state index < -0.39 is 17.5 Å². The van der Waals surface area contributed by atoms with Gasteiger partial charge in [0.1, 0.15) is 23.9 Å². The smallest absolute Gasteiger partial charge is 0.234 e. The van der Waals surface area contributed by atoms with E-state index in [0.29, 0.717) is 35.1 Å². The van der Waals surface area contributed by atoms with E-state index in [1.54, 1.807) is 16.9 Å². The second-order valence-electron chi connectivity index (χ2n) is 7.25. The van der Waals surface area contributed by atoms with Gasteiger partial charge in [0.25, 0.3) is 0 Å². The van der Waals surface area contributed by atoms with Crippen molar-refractivity contribution >= 4 is 39.3 Å². The number of benzene rings is 2. The van der Waals surface area contributed by atoms with Crippen LogP contribution in [-0.4, -0.2) is 26.4 Å². The lowest BCUT2D eigenvalue weighted by molar-refractivity contribution is -0.113. The molecule has 1 amide bonds. The molecule has 7 nitrogen and oxygen atoms in total. The van der Waals surface area contributed by atoms with E-state index >= 15 is 0 Å². The van der Waals surface area contributed by atoms with Gasteiger partial charge in [-0.3, -0.25) is 9.36 Å². The number of rotatable bonds is 9. The Balaban J connectivity index is 1.46. The highest BCUT2D eigenvalue weighted by Crippen LogP contribution is 2.27. The molecule has 2 aromatic carbocycles. The van der Waals surface area contributed by atoms with Gasteiger partial charge in [0.05, 0.1) is 24.2 Å². The minimum atomic E-state index is -0.873. The largest absolute Gasteiger partial charge is 0.486 e. The van der Waals surface area contributed by atoms with Gasteiger partial charge in [0.2, 0.25) is 5.91 Å². The summed E-state index contributed by atoms with van der Waals surface area (Å²) in [4.78, 5) is 12.4. The molecule has 4 aromatic rings. The number of thioether (sulfide) groups is 1. The van der Waals surface area contributed by atoms with Crippen molar-refractivity contribution in [3.63, 3.8) is 0 Å². The topological polar surface area (TPSA) is 82.2 Å². The summed E-state index contributed by atoms with van der Waals surface area (Å²) in [6.45, 7) is 2.50. The summed E-state index contributed by atoms with van der Waals surface area (Å²) in [7, 11) is 0. The van der Waals surface area contributed by atoms with Crippen molar-refractivity contribution in [1.29, 1.82) is 0 Å². The maximum absolute atomic E-state index is 14.0. The Hall–Kier alpha value is -3.18. The van der Waals surface area contributed by atoms with Crippen LogP contribution in [0.1, 0.15) is 17.1 Å². The third-order valence-corrected chi connectivity index (χ3v) is 6.27. The maximum Gasteiger partial charge on any atom is 0.234 e. The van der Waals surface area contributed by atoms with Crippen LogP contribution in [0.2, 0.25) is 0 Å². The lowest BCUT2D eigenvalue weighted by Crippen LogP contribution is -2.16. The first-order valence-electron chi connectivity index (χ1n) is 10.1. The third kappa shape index (κ3) is 6.03. The van der Waals surface area contributed by atoms with Gasteiger partial charge in [-0.05, 0) is 53.2 Å². The molecule has 34 heavy (non-hydrogen) atoms. The van der Waals surface area contributed by atoms with E-state index in [1.165, 1.54) is 0 Å². The molecule has 0 atom stereocenters. The van der Waals surface area contributed by atoms with Gasteiger partial charge in [0, 0.05) is 10.5 Å². The molecule has 0 saturated heterocycles. The Morgan fingerprint density at radius 2 is 2.00 bits per heavy atom. The zero-order chi connectivity index (χ0) is 24.1. The average Bonchev–Trinajstić information content (AvgIpc) is 3.45. The zero-order valence-corrected chi connectivity index (χ0v) is 20.3. The van der Waals surface area contributed by atoms with Crippen LogP contribution in [0.4, 0.5) is 14.5 Å². The molecule has 0 bridgehead atoms. The van der Waals surface area contributed by atoms with E-state index in [1.807, 2.05) is 37.3 Å². The molecule has 2 aromatic heterocycles. The number of halogens is 3. The summed E-state index contributed by atoms with van der Waals surface area (Å²) in [5.41, 5.74) is 0.995. The molecule has 0 unspecified atom stereocenters. The van der Waals surface area contributed by atoms with E-state index in [0.717, 1.165) is 23.4 Å². The van der Waals surface area contributed by atoms with E-state index in [2.05, 4.69) is 31.4 Å². The predicted octanol–water partition coefficient (Wildman–Crippen LogP) is 5.58. The van der Waals surface area contributed by atoms with E-state index in [-0.39, 0.29) is 22.5 Å². The van der Waals surface area contributed by atoms with Crippen molar-refractivity contribution in [2.75, 3.05) is 11.1 Å². The third-order valence-electron chi connectivity index (χ3n) is 4.68. The number of aromatic nitrogens is 3. The number of nitrogens with one attached hydrogen (secondary N) is 1. The molecule has 0 aliphatic heterocycles. The second kappa shape index (κ2) is 10.8. The van der Waals surface area contributed by atoms with Gasteiger partial charge in [-0.15, -0.1) is 10.2 Å². The molecule has 0 fully saturated rings. The van der Waals surface area contributed by atoms with Gasteiger partial charge < -0.3 is 14.5 Å². The van der Waals surface area contributed by atoms with Crippen LogP contribution < -0.4 is 10.1 Å². The van der Waals surface area contributed by atoms with Crippen LogP contribution in [0.3, 0.4) is 0 Å². The molecule has 4 rings (SSSR count). The highest BCUT2D eigenvalue weighted by molar-refractivity contribution is 9.10. The number of amides is 1. The number of carbonyl (C=O) groups is 1. The standard InChI is InChI=1S/C23H19BrF2N4O3S/c1-14-4-6-16(7-5-14)33-12-20-28-29-23(30(20)11-17-3-2-8-32-17)34-13-21(31)27-22-18(24)9-15(25)10-19(22)26/h2-10H,11-13H2,1H3,(H,27,31). The van der Waals surface area contributed by atoms with Crippen molar-refractivity contribution in [3.8, 4) is 5.75 Å². The van der Waals surface area contributed by atoms with Gasteiger partial charge in [-0.2, -0.15) is 0 Å². The molecule has 2 heterocycles. The Morgan fingerprint density at radius 3 is 2.71 bits per heavy atom. The van der Waals surface area contributed by atoms with Gasteiger partial charge >= 0.3 is 0 Å². The molecule has 0 spiro atoms.